The number of aliphatic hydroxyl groups excluding tert-OH is 1. The molecule has 0 heterocycles. The van der Waals surface area contributed by atoms with E-state index in [1.807, 2.05) is 0 Å². The summed E-state index contributed by atoms with van der Waals surface area (Å²) in [5, 5.41) is 9.84. The summed E-state index contributed by atoms with van der Waals surface area (Å²) in [7, 11) is 0. The van der Waals surface area contributed by atoms with Crippen LogP contribution in [0.15, 0.2) is 22.7 Å². The van der Waals surface area contributed by atoms with E-state index in [0.29, 0.717) is 10.6 Å². The molecule has 0 aliphatic heterocycles. The summed E-state index contributed by atoms with van der Waals surface area (Å²) in [6.07, 6.45) is 4.18. The molecule has 0 aromatic heterocycles. The Kier molecular flexibility index (Phi) is 3.16. The van der Waals surface area contributed by atoms with Crippen molar-refractivity contribution in [1.82, 2.24) is 0 Å². The maximum Gasteiger partial charge on any atom is 0.140 e. The van der Waals surface area contributed by atoms with Crippen molar-refractivity contribution < 1.29 is 5.11 Å². The van der Waals surface area contributed by atoms with Crippen LogP contribution in [0, 0.1) is 12.3 Å². The van der Waals surface area contributed by atoms with Crippen LogP contribution in [0.1, 0.15) is 11.7 Å². The summed E-state index contributed by atoms with van der Waals surface area (Å²) in [6.45, 7) is 0. The quantitative estimate of drug-likeness (QED) is 0.754. The highest BCUT2D eigenvalue weighted by molar-refractivity contribution is 9.10. The van der Waals surface area contributed by atoms with Crippen LogP contribution in [0.2, 0.25) is 5.02 Å². The van der Waals surface area contributed by atoms with E-state index >= 15 is 0 Å². The number of hydrogen-bond acceptors (Lipinski definition) is 1. The smallest absolute Gasteiger partial charge is 0.140 e. The highest BCUT2D eigenvalue weighted by Gasteiger charge is 2.04. The molecule has 0 radical (unpaired) electrons. The Morgan fingerprint density at radius 2 is 2.25 bits per heavy atom. The lowest BCUT2D eigenvalue weighted by Gasteiger charge is -2.04. The van der Waals surface area contributed by atoms with E-state index in [1.54, 1.807) is 18.2 Å². The lowest BCUT2D eigenvalue weighted by Crippen LogP contribution is -1.92. The number of terminal acetylenes is 1. The maximum absolute atomic E-state index is 9.24. The first-order valence-corrected chi connectivity index (χ1v) is 4.41. The van der Waals surface area contributed by atoms with E-state index in [4.69, 9.17) is 18.0 Å². The van der Waals surface area contributed by atoms with Gasteiger partial charge in [0.1, 0.15) is 6.10 Å². The Morgan fingerprint density at radius 1 is 1.58 bits per heavy atom. The summed E-state index contributed by atoms with van der Waals surface area (Å²) in [5.74, 6) is 2.22. The zero-order valence-corrected chi connectivity index (χ0v) is 8.43. The third-order valence-electron chi connectivity index (χ3n) is 1.42. The van der Waals surface area contributed by atoms with E-state index in [0.717, 1.165) is 4.47 Å². The second kappa shape index (κ2) is 3.95. The molecule has 62 valence electrons. The fourth-order valence-corrected chi connectivity index (χ4v) is 1.29. The molecule has 0 fully saturated rings. The van der Waals surface area contributed by atoms with Crippen LogP contribution < -0.4 is 0 Å². The zero-order chi connectivity index (χ0) is 9.14. The van der Waals surface area contributed by atoms with Gasteiger partial charge in [-0.3, -0.25) is 0 Å². The van der Waals surface area contributed by atoms with Crippen molar-refractivity contribution in [2.75, 3.05) is 0 Å². The van der Waals surface area contributed by atoms with Crippen LogP contribution in [0.5, 0.6) is 0 Å². The average molecular weight is 246 g/mol. The molecule has 1 atom stereocenters. The molecule has 12 heavy (non-hydrogen) atoms. The largest absolute Gasteiger partial charge is 0.376 e. The molecule has 1 aromatic rings. The third kappa shape index (κ3) is 2.01. The van der Waals surface area contributed by atoms with Crippen LogP contribution in [0.25, 0.3) is 0 Å². The van der Waals surface area contributed by atoms with Gasteiger partial charge in [-0.15, -0.1) is 6.42 Å². The maximum atomic E-state index is 9.24. The van der Waals surface area contributed by atoms with Gasteiger partial charge < -0.3 is 5.11 Å². The SMILES string of the molecule is C#CC(O)c1ccc(Cl)c(Br)c1. The number of halogens is 2. The second-order valence-electron chi connectivity index (χ2n) is 2.24. The Hall–Kier alpha value is -0.490. The third-order valence-corrected chi connectivity index (χ3v) is 2.63. The Labute approximate surface area is 84.5 Å². The van der Waals surface area contributed by atoms with E-state index in [-0.39, 0.29) is 0 Å². The molecular weight excluding hydrogens is 239 g/mol. The highest BCUT2D eigenvalue weighted by atomic mass is 79.9. The van der Waals surface area contributed by atoms with Crippen LogP contribution in [-0.2, 0) is 0 Å². The van der Waals surface area contributed by atoms with Gasteiger partial charge >= 0.3 is 0 Å². The van der Waals surface area contributed by atoms with Crippen molar-refractivity contribution in [1.29, 1.82) is 0 Å². The van der Waals surface area contributed by atoms with E-state index in [1.165, 1.54) is 0 Å². The molecule has 1 nitrogen and oxygen atoms in total. The first-order valence-electron chi connectivity index (χ1n) is 3.24. The molecule has 1 aromatic carbocycles. The first-order chi connectivity index (χ1) is 5.65. The van der Waals surface area contributed by atoms with Gasteiger partial charge in [0.25, 0.3) is 0 Å². The van der Waals surface area contributed by atoms with Gasteiger partial charge in [0.15, 0.2) is 0 Å². The molecule has 1 N–H and O–H groups in total. The van der Waals surface area contributed by atoms with Gasteiger partial charge in [-0.1, -0.05) is 23.6 Å². The van der Waals surface area contributed by atoms with E-state index < -0.39 is 6.10 Å². The monoisotopic (exact) mass is 244 g/mol. The Bertz CT molecular complexity index is 330. The van der Waals surface area contributed by atoms with Gasteiger partial charge in [0.2, 0.25) is 0 Å². The minimum absolute atomic E-state index is 0.600. The number of benzene rings is 1. The molecule has 0 saturated heterocycles. The Balaban J connectivity index is 3.06. The summed E-state index contributed by atoms with van der Waals surface area (Å²) in [6, 6.07) is 5.08. The van der Waals surface area contributed by atoms with Crippen molar-refractivity contribution in [2.24, 2.45) is 0 Å². The van der Waals surface area contributed by atoms with Crippen LogP contribution >= 0.6 is 27.5 Å². The molecule has 0 aliphatic carbocycles. The van der Waals surface area contributed by atoms with Crippen molar-refractivity contribution in [3.63, 3.8) is 0 Å². The number of hydrogen-bond donors (Lipinski definition) is 1. The fraction of sp³-hybridized carbons (Fsp3) is 0.111. The average Bonchev–Trinajstić information content (AvgIpc) is 2.08. The minimum Gasteiger partial charge on any atom is -0.376 e. The molecule has 0 saturated carbocycles. The van der Waals surface area contributed by atoms with Gasteiger partial charge in [0, 0.05) is 4.47 Å². The van der Waals surface area contributed by atoms with E-state index in [2.05, 4.69) is 21.9 Å². The molecule has 0 spiro atoms. The lowest BCUT2D eigenvalue weighted by atomic mass is 10.1. The molecular formula is C9H6BrClO. The standard InChI is InChI=1S/C9H6BrClO/c1-2-9(12)6-3-4-8(11)7(10)5-6/h1,3-5,9,12H. The fourth-order valence-electron chi connectivity index (χ4n) is 0.779. The number of rotatable bonds is 1. The molecule has 1 unspecified atom stereocenters. The van der Waals surface area contributed by atoms with Gasteiger partial charge in [0.05, 0.1) is 5.02 Å². The first kappa shape index (κ1) is 9.60. The van der Waals surface area contributed by atoms with Crippen molar-refractivity contribution in [3.8, 4) is 12.3 Å². The van der Waals surface area contributed by atoms with Crippen molar-refractivity contribution >= 4 is 27.5 Å². The predicted molar refractivity (Wildman–Crippen MR) is 52.9 cm³/mol. The predicted octanol–water partition coefficient (Wildman–Crippen LogP) is 2.77. The molecule has 1 rings (SSSR count). The zero-order valence-electron chi connectivity index (χ0n) is 6.09. The normalized spacial score (nSPS) is 12.2. The molecule has 0 aliphatic rings. The summed E-state index contributed by atoms with van der Waals surface area (Å²) in [5.41, 5.74) is 0.661. The van der Waals surface area contributed by atoms with Crippen molar-refractivity contribution in [2.45, 2.75) is 6.10 Å². The summed E-state index contributed by atoms with van der Waals surface area (Å²) >= 11 is 8.98. The minimum atomic E-state index is -0.862. The van der Waals surface area contributed by atoms with Gasteiger partial charge in [-0.05, 0) is 33.6 Å². The van der Waals surface area contributed by atoms with Gasteiger partial charge in [-0.2, -0.15) is 0 Å². The highest BCUT2D eigenvalue weighted by Crippen LogP contribution is 2.25. The second-order valence-corrected chi connectivity index (χ2v) is 3.50. The van der Waals surface area contributed by atoms with Gasteiger partial charge in [-0.25, -0.2) is 0 Å². The van der Waals surface area contributed by atoms with Crippen LogP contribution in [0.4, 0.5) is 0 Å². The topological polar surface area (TPSA) is 20.2 Å². The summed E-state index contributed by atoms with van der Waals surface area (Å²) in [4.78, 5) is 0. The van der Waals surface area contributed by atoms with E-state index in [9.17, 15) is 5.11 Å². The number of aliphatic hydroxyl groups is 1. The van der Waals surface area contributed by atoms with Crippen LogP contribution in [0.3, 0.4) is 0 Å². The lowest BCUT2D eigenvalue weighted by molar-refractivity contribution is 0.238. The molecule has 0 amide bonds. The summed E-state index contributed by atoms with van der Waals surface area (Å²) < 4.78 is 0.732. The molecule has 3 heteroatoms. The molecule has 0 bridgehead atoms. The Morgan fingerprint density at radius 3 is 2.75 bits per heavy atom. The van der Waals surface area contributed by atoms with Crippen LogP contribution in [-0.4, -0.2) is 5.11 Å². The van der Waals surface area contributed by atoms with Crippen molar-refractivity contribution in [3.05, 3.63) is 33.3 Å².